The van der Waals surface area contributed by atoms with Crippen molar-refractivity contribution in [2.75, 3.05) is 26.2 Å². The Kier molecular flexibility index (Phi) is 7.63. The van der Waals surface area contributed by atoms with Crippen molar-refractivity contribution in [1.82, 2.24) is 10.2 Å². The van der Waals surface area contributed by atoms with E-state index in [4.69, 9.17) is 0 Å². The molecule has 1 fully saturated rings. The van der Waals surface area contributed by atoms with Gasteiger partial charge in [-0.05, 0) is 66.0 Å². The van der Waals surface area contributed by atoms with Crippen LogP contribution in [0.15, 0.2) is 22.7 Å². The maximum absolute atomic E-state index is 13.5. The second-order valence-electron chi connectivity index (χ2n) is 5.17. The van der Waals surface area contributed by atoms with E-state index in [9.17, 15) is 9.18 Å². The van der Waals surface area contributed by atoms with Gasteiger partial charge in [-0.25, -0.2) is 4.39 Å². The lowest BCUT2D eigenvalue weighted by Gasteiger charge is -2.32. The first kappa shape index (κ1) is 18.4. The van der Waals surface area contributed by atoms with E-state index in [2.05, 4.69) is 28.2 Å². The molecule has 0 saturated carbocycles. The molecule has 3 nitrogen and oxygen atoms in total. The number of nitrogens with one attached hydrogen (secondary N) is 1. The summed E-state index contributed by atoms with van der Waals surface area (Å²) in [4.78, 5) is 14.1. The highest BCUT2D eigenvalue weighted by Crippen LogP contribution is 2.21. The summed E-state index contributed by atoms with van der Waals surface area (Å²) in [6, 6.07) is 4.55. The van der Waals surface area contributed by atoms with Crippen LogP contribution in [-0.4, -0.2) is 37.0 Å². The smallest absolute Gasteiger partial charge is 0.253 e. The van der Waals surface area contributed by atoms with E-state index >= 15 is 0 Å². The van der Waals surface area contributed by atoms with Crippen LogP contribution >= 0.6 is 28.3 Å². The molecule has 21 heavy (non-hydrogen) atoms. The molecule has 1 aromatic carbocycles. The molecular formula is C15H21BrClFN2O. The number of hydrogen-bond donors (Lipinski definition) is 1. The number of nitrogens with zero attached hydrogens (tertiary/aromatic N) is 1. The van der Waals surface area contributed by atoms with E-state index < -0.39 is 5.82 Å². The largest absolute Gasteiger partial charge is 0.339 e. The molecule has 6 heteroatoms. The molecule has 1 aliphatic heterocycles. The van der Waals surface area contributed by atoms with Gasteiger partial charge in [-0.15, -0.1) is 12.4 Å². The van der Waals surface area contributed by atoms with Crippen molar-refractivity contribution in [2.45, 2.75) is 19.8 Å². The molecule has 1 aromatic rings. The van der Waals surface area contributed by atoms with Crippen molar-refractivity contribution in [3.63, 3.8) is 0 Å². The number of rotatable bonds is 4. The monoisotopic (exact) mass is 378 g/mol. The Hall–Kier alpha value is -0.650. The van der Waals surface area contributed by atoms with Crippen LogP contribution in [0.2, 0.25) is 0 Å². The van der Waals surface area contributed by atoms with Gasteiger partial charge >= 0.3 is 0 Å². The van der Waals surface area contributed by atoms with Crippen molar-refractivity contribution in [2.24, 2.45) is 5.92 Å². The van der Waals surface area contributed by atoms with Gasteiger partial charge in [0.15, 0.2) is 0 Å². The summed E-state index contributed by atoms with van der Waals surface area (Å²) in [5.41, 5.74) is 0.427. The van der Waals surface area contributed by atoms with Crippen molar-refractivity contribution in [3.05, 3.63) is 34.1 Å². The topological polar surface area (TPSA) is 32.3 Å². The number of halogens is 3. The van der Waals surface area contributed by atoms with Crippen LogP contribution in [0.3, 0.4) is 0 Å². The van der Waals surface area contributed by atoms with E-state index in [1.165, 1.54) is 6.07 Å². The third kappa shape index (κ3) is 4.94. The number of likely N-dealkylation sites (tertiary alicyclic amines) is 1. The van der Waals surface area contributed by atoms with Crippen LogP contribution in [0.1, 0.15) is 30.1 Å². The second-order valence-corrected chi connectivity index (χ2v) is 6.03. The molecule has 1 saturated heterocycles. The zero-order chi connectivity index (χ0) is 14.5. The van der Waals surface area contributed by atoms with E-state index in [-0.39, 0.29) is 18.3 Å². The van der Waals surface area contributed by atoms with Crippen LogP contribution in [-0.2, 0) is 0 Å². The van der Waals surface area contributed by atoms with Gasteiger partial charge in [-0.3, -0.25) is 4.79 Å². The molecule has 0 spiro atoms. The predicted octanol–water partition coefficient (Wildman–Crippen LogP) is 3.47. The normalized spacial score (nSPS) is 15.7. The van der Waals surface area contributed by atoms with Gasteiger partial charge in [0.25, 0.3) is 5.91 Å². The summed E-state index contributed by atoms with van der Waals surface area (Å²) in [6.07, 6.45) is 2.02. The van der Waals surface area contributed by atoms with Crippen molar-refractivity contribution in [1.29, 1.82) is 0 Å². The fourth-order valence-corrected chi connectivity index (χ4v) is 2.75. The predicted molar refractivity (Wildman–Crippen MR) is 88.5 cm³/mol. The number of piperidine rings is 1. The molecular weight excluding hydrogens is 359 g/mol. The third-order valence-electron chi connectivity index (χ3n) is 3.75. The Balaban J connectivity index is 0.00000220. The zero-order valence-corrected chi connectivity index (χ0v) is 14.5. The maximum Gasteiger partial charge on any atom is 0.253 e. The van der Waals surface area contributed by atoms with Gasteiger partial charge in [-0.1, -0.05) is 6.92 Å². The summed E-state index contributed by atoms with van der Waals surface area (Å²) in [7, 11) is 0. The number of hydrogen-bond acceptors (Lipinski definition) is 2. The second kappa shape index (κ2) is 8.71. The summed E-state index contributed by atoms with van der Waals surface area (Å²) in [5, 5.41) is 3.35. The molecule has 0 unspecified atom stereocenters. The fraction of sp³-hybridized carbons (Fsp3) is 0.533. The fourth-order valence-electron chi connectivity index (χ4n) is 2.50. The lowest BCUT2D eigenvalue weighted by molar-refractivity contribution is 0.0690. The molecule has 1 amide bonds. The van der Waals surface area contributed by atoms with Gasteiger partial charge < -0.3 is 10.2 Å². The summed E-state index contributed by atoms with van der Waals surface area (Å²) < 4.78 is 13.9. The van der Waals surface area contributed by atoms with E-state index in [1.54, 1.807) is 12.1 Å². The van der Waals surface area contributed by atoms with Crippen molar-refractivity contribution in [3.8, 4) is 0 Å². The molecule has 0 radical (unpaired) electrons. The van der Waals surface area contributed by atoms with Crippen LogP contribution in [0.4, 0.5) is 4.39 Å². The molecule has 1 N–H and O–H groups in total. The van der Waals surface area contributed by atoms with Crippen LogP contribution in [0, 0.1) is 11.7 Å². The Labute approximate surface area is 139 Å². The van der Waals surface area contributed by atoms with Crippen LogP contribution < -0.4 is 5.32 Å². The highest BCUT2D eigenvalue weighted by molar-refractivity contribution is 9.10. The highest BCUT2D eigenvalue weighted by Gasteiger charge is 2.23. The first-order valence-electron chi connectivity index (χ1n) is 7.07. The Morgan fingerprint density at radius 1 is 1.43 bits per heavy atom. The summed E-state index contributed by atoms with van der Waals surface area (Å²) >= 11 is 3.10. The first-order chi connectivity index (χ1) is 9.61. The molecule has 0 aromatic heterocycles. The van der Waals surface area contributed by atoms with Gasteiger partial charge in [-0.2, -0.15) is 0 Å². The molecule has 1 aliphatic rings. The van der Waals surface area contributed by atoms with Crippen LogP contribution in [0.25, 0.3) is 0 Å². The van der Waals surface area contributed by atoms with Crippen molar-refractivity contribution < 1.29 is 9.18 Å². The standard InChI is InChI=1S/C15H20BrFN2O.ClH/c1-2-18-10-11-5-7-19(8-6-11)15(20)12-3-4-13(16)14(17)9-12;/h3-4,9,11,18H,2,5-8,10H2,1H3;1H. The maximum atomic E-state index is 13.5. The Morgan fingerprint density at radius 2 is 2.10 bits per heavy atom. The molecule has 2 rings (SSSR count). The lowest BCUT2D eigenvalue weighted by Crippen LogP contribution is -2.40. The minimum Gasteiger partial charge on any atom is -0.339 e. The molecule has 118 valence electrons. The van der Waals surface area contributed by atoms with Gasteiger partial charge in [0.2, 0.25) is 0 Å². The number of amides is 1. The van der Waals surface area contributed by atoms with Gasteiger partial charge in [0, 0.05) is 18.7 Å². The van der Waals surface area contributed by atoms with E-state index in [1.807, 2.05) is 4.90 Å². The molecule has 1 heterocycles. The number of benzene rings is 1. The number of carbonyl (C=O) groups excluding carboxylic acids is 1. The average Bonchev–Trinajstić information content (AvgIpc) is 2.48. The first-order valence-corrected chi connectivity index (χ1v) is 7.86. The molecule has 0 aliphatic carbocycles. The number of carbonyl (C=O) groups is 1. The SMILES string of the molecule is CCNCC1CCN(C(=O)c2ccc(Br)c(F)c2)CC1.Cl. The summed E-state index contributed by atoms with van der Waals surface area (Å²) in [5.74, 6) is 0.178. The highest BCUT2D eigenvalue weighted by atomic mass is 79.9. The third-order valence-corrected chi connectivity index (χ3v) is 4.39. The van der Waals surface area contributed by atoms with Gasteiger partial charge in [0.1, 0.15) is 5.82 Å². The van der Waals surface area contributed by atoms with E-state index in [0.29, 0.717) is 16.0 Å². The zero-order valence-electron chi connectivity index (χ0n) is 12.1. The molecule has 0 bridgehead atoms. The molecule has 0 atom stereocenters. The van der Waals surface area contributed by atoms with Crippen LogP contribution in [0.5, 0.6) is 0 Å². The van der Waals surface area contributed by atoms with Crippen molar-refractivity contribution >= 4 is 34.2 Å². The summed E-state index contributed by atoms with van der Waals surface area (Å²) in [6.45, 7) is 5.61. The Morgan fingerprint density at radius 3 is 2.67 bits per heavy atom. The minimum atomic E-state index is -0.391. The quantitative estimate of drug-likeness (QED) is 0.869. The van der Waals surface area contributed by atoms with Gasteiger partial charge in [0.05, 0.1) is 4.47 Å². The average molecular weight is 380 g/mol. The Bertz CT molecular complexity index is 479. The lowest BCUT2D eigenvalue weighted by atomic mass is 9.96. The minimum absolute atomic E-state index is 0. The van der Waals surface area contributed by atoms with E-state index in [0.717, 1.165) is 39.0 Å².